The molecule has 2 heteroatoms. The average molecular weight is 298 g/mol. The molecule has 2 aliphatic rings. The van der Waals surface area contributed by atoms with Gasteiger partial charge in [0, 0.05) is 23.6 Å². The van der Waals surface area contributed by atoms with Crippen LogP contribution in [-0.2, 0) is 0 Å². The zero-order valence-electron chi connectivity index (χ0n) is 13.9. The lowest BCUT2D eigenvalue weighted by molar-refractivity contribution is 0.228. The average Bonchev–Trinajstić information content (AvgIpc) is 2.46. The molecule has 0 aromatic rings. The van der Waals surface area contributed by atoms with E-state index < -0.39 is 0 Å². The Labute approximate surface area is 131 Å². The molecule has 0 aromatic heterocycles. The Morgan fingerprint density at radius 2 is 1.45 bits per heavy atom. The SMILES string of the molecule is CC(C)C1CNCC(C2(C)CCCCCCCCC2)S1. The summed E-state index contributed by atoms with van der Waals surface area (Å²) < 4.78 is 0. The molecule has 1 aliphatic heterocycles. The molecular weight excluding hydrogens is 262 g/mol. The fourth-order valence-corrected chi connectivity index (χ4v) is 5.58. The van der Waals surface area contributed by atoms with Gasteiger partial charge in [-0.05, 0) is 24.2 Å². The maximum absolute atomic E-state index is 3.73. The second-order valence-corrected chi connectivity index (χ2v) is 9.14. The van der Waals surface area contributed by atoms with E-state index in [0.29, 0.717) is 5.41 Å². The summed E-state index contributed by atoms with van der Waals surface area (Å²) in [6.07, 6.45) is 13.2. The van der Waals surface area contributed by atoms with E-state index >= 15 is 0 Å². The van der Waals surface area contributed by atoms with E-state index in [1.807, 2.05) is 0 Å². The summed E-state index contributed by atoms with van der Waals surface area (Å²) in [7, 11) is 0. The molecule has 0 spiro atoms. The van der Waals surface area contributed by atoms with Gasteiger partial charge in [0.25, 0.3) is 0 Å². The first-order valence-electron chi connectivity index (χ1n) is 8.98. The first kappa shape index (κ1) is 16.7. The minimum Gasteiger partial charge on any atom is -0.314 e. The van der Waals surface area contributed by atoms with E-state index in [4.69, 9.17) is 0 Å². The number of nitrogens with one attached hydrogen (secondary N) is 1. The van der Waals surface area contributed by atoms with Gasteiger partial charge in [0.05, 0.1) is 0 Å². The van der Waals surface area contributed by atoms with Crippen LogP contribution in [0.15, 0.2) is 0 Å². The van der Waals surface area contributed by atoms with E-state index in [-0.39, 0.29) is 0 Å². The van der Waals surface area contributed by atoms with Crippen LogP contribution in [0, 0.1) is 11.3 Å². The molecule has 1 saturated heterocycles. The second kappa shape index (κ2) is 8.08. The molecule has 1 nitrogen and oxygen atoms in total. The largest absolute Gasteiger partial charge is 0.314 e. The van der Waals surface area contributed by atoms with Crippen LogP contribution in [0.5, 0.6) is 0 Å². The summed E-state index contributed by atoms with van der Waals surface area (Å²) in [5.74, 6) is 0.804. The third-order valence-corrected chi connectivity index (χ3v) is 7.66. The van der Waals surface area contributed by atoms with Crippen molar-refractivity contribution in [2.24, 2.45) is 11.3 Å². The molecule has 0 amide bonds. The van der Waals surface area contributed by atoms with Crippen LogP contribution in [0.1, 0.15) is 78.6 Å². The quantitative estimate of drug-likeness (QED) is 0.747. The van der Waals surface area contributed by atoms with Gasteiger partial charge in [0.1, 0.15) is 0 Å². The highest BCUT2D eigenvalue weighted by atomic mass is 32.2. The van der Waals surface area contributed by atoms with Crippen LogP contribution in [0.25, 0.3) is 0 Å². The van der Waals surface area contributed by atoms with Crippen molar-refractivity contribution in [1.82, 2.24) is 5.32 Å². The van der Waals surface area contributed by atoms with Crippen molar-refractivity contribution < 1.29 is 0 Å². The first-order valence-corrected chi connectivity index (χ1v) is 9.92. The molecule has 2 fully saturated rings. The number of rotatable bonds is 2. The zero-order chi connectivity index (χ0) is 14.4. The Hall–Kier alpha value is 0.310. The molecule has 0 bridgehead atoms. The van der Waals surface area contributed by atoms with Crippen LogP contribution in [0.3, 0.4) is 0 Å². The maximum atomic E-state index is 3.73. The van der Waals surface area contributed by atoms with Crippen molar-refractivity contribution in [3.05, 3.63) is 0 Å². The molecular formula is C18H35NS. The van der Waals surface area contributed by atoms with Gasteiger partial charge in [-0.1, -0.05) is 65.7 Å². The van der Waals surface area contributed by atoms with Crippen LogP contribution in [0.4, 0.5) is 0 Å². The van der Waals surface area contributed by atoms with Gasteiger partial charge in [0.2, 0.25) is 0 Å². The van der Waals surface area contributed by atoms with Gasteiger partial charge in [-0.25, -0.2) is 0 Å². The fourth-order valence-electron chi connectivity index (χ4n) is 3.86. The van der Waals surface area contributed by atoms with E-state index in [2.05, 4.69) is 37.8 Å². The third-order valence-electron chi connectivity index (χ3n) is 5.53. The van der Waals surface area contributed by atoms with Crippen LogP contribution < -0.4 is 5.32 Å². The standard InChI is InChI=1S/C18H35NS/c1-15(2)16-13-19-14-17(20-16)18(3)11-9-7-5-4-6-8-10-12-18/h15-17,19H,4-14H2,1-3H3. The van der Waals surface area contributed by atoms with Crippen LogP contribution in [0.2, 0.25) is 0 Å². The highest BCUT2D eigenvalue weighted by molar-refractivity contribution is 8.00. The highest BCUT2D eigenvalue weighted by Gasteiger charge is 2.37. The summed E-state index contributed by atoms with van der Waals surface area (Å²) in [4.78, 5) is 0. The Morgan fingerprint density at radius 3 is 2.00 bits per heavy atom. The summed E-state index contributed by atoms with van der Waals surface area (Å²) in [6.45, 7) is 9.82. The van der Waals surface area contributed by atoms with Crippen LogP contribution >= 0.6 is 11.8 Å². The molecule has 118 valence electrons. The van der Waals surface area contributed by atoms with E-state index in [1.165, 1.54) is 70.9 Å². The predicted molar refractivity (Wildman–Crippen MR) is 92.5 cm³/mol. The molecule has 1 N–H and O–H groups in total. The lowest BCUT2D eigenvalue weighted by Gasteiger charge is -2.43. The Morgan fingerprint density at radius 1 is 0.900 bits per heavy atom. The highest BCUT2D eigenvalue weighted by Crippen LogP contribution is 2.44. The van der Waals surface area contributed by atoms with Crippen LogP contribution in [-0.4, -0.2) is 23.6 Å². The molecule has 0 aromatic carbocycles. The monoisotopic (exact) mass is 297 g/mol. The minimum atomic E-state index is 0.572. The number of thioether (sulfide) groups is 1. The summed E-state index contributed by atoms with van der Waals surface area (Å²) in [5, 5.41) is 5.39. The van der Waals surface area contributed by atoms with Crippen molar-refractivity contribution in [3.8, 4) is 0 Å². The summed E-state index contributed by atoms with van der Waals surface area (Å²) in [6, 6.07) is 0. The van der Waals surface area contributed by atoms with E-state index in [0.717, 1.165) is 16.4 Å². The van der Waals surface area contributed by atoms with Gasteiger partial charge in [-0.2, -0.15) is 11.8 Å². The lowest BCUT2D eigenvalue weighted by Crippen LogP contribution is -2.47. The Balaban J connectivity index is 1.97. The molecule has 20 heavy (non-hydrogen) atoms. The van der Waals surface area contributed by atoms with Crippen molar-refractivity contribution in [2.75, 3.05) is 13.1 Å². The minimum absolute atomic E-state index is 0.572. The predicted octanol–water partition coefficient (Wildman–Crippen LogP) is 5.25. The van der Waals surface area contributed by atoms with Gasteiger partial charge in [0.15, 0.2) is 0 Å². The Kier molecular flexibility index (Phi) is 6.74. The normalized spacial score (nSPS) is 33.0. The lowest BCUT2D eigenvalue weighted by atomic mass is 9.76. The van der Waals surface area contributed by atoms with Crippen molar-refractivity contribution >= 4 is 11.8 Å². The molecule has 1 heterocycles. The third kappa shape index (κ3) is 4.66. The number of hydrogen-bond acceptors (Lipinski definition) is 2. The van der Waals surface area contributed by atoms with Crippen molar-refractivity contribution in [3.63, 3.8) is 0 Å². The second-order valence-electron chi connectivity index (χ2n) is 7.69. The summed E-state index contributed by atoms with van der Waals surface area (Å²) in [5.41, 5.74) is 0.572. The Bertz CT molecular complexity index is 267. The van der Waals surface area contributed by atoms with Gasteiger partial charge in [-0.3, -0.25) is 0 Å². The molecule has 2 unspecified atom stereocenters. The van der Waals surface area contributed by atoms with Gasteiger partial charge >= 0.3 is 0 Å². The molecule has 2 atom stereocenters. The van der Waals surface area contributed by atoms with E-state index in [1.54, 1.807) is 0 Å². The van der Waals surface area contributed by atoms with Crippen molar-refractivity contribution in [1.29, 1.82) is 0 Å². The summed E-state index contributed by atoms with van der Waals surface area (Å²) >= 11 is 2.31. The van der Waals surface area contributed by atoms with Gasteiger partial charge < -0.3 is 5.32 Å². The van der Waals surface area contributed by atoms with Crippen molar-refractivity contribution in [2.45, 2.75) is 89.1 Å². The van der Waals surface area contributed by atoms with E-state index in [9.17, 15) is 0 Å². The smallest absolute Gasteiger partial charge is 0.0229 e. The molecule has 2 rings (SSSR count). The zero-order valence-corrected chi connectivity index (χ0v) is 14.7. The maximum Gasteiger partial charge on any atom is 0.0229 e. The van der Waals surface area contributed by atoms with Gasteiger partial charge in [-0.15, -0.1) is 0 Å². The first-order chi connectivity index (χ1) is 9.62. The fraction of sp³-hybridized carbons (Fsp3) is 1.00. The number of hydrogen-bond donors (Lipinski definition) is 1. The molecule has 1 aliphatic carbocycles. The molecule has 1 saturated carbocycles. The topological polar surface area (TPSA) is 12.0 Å². The molecule has 0 radical (unpaired) electrons.